The zero-order valence-electron chi connectivity index (χ0n) is 12.1. The summed E-state index contributed by atoms with van der Waals surface area (Å²) < 4.78 is 17.9. The van der Waals surface area contributed by atoms with Crippen LogP contribution in [0.3, 0.4) is 0 Å². The first-order valence-corrected chi connectivity index (χ1v) is 6.56. The lowest BCUT2D eigenvalue weighted by Gasteiger charge is -2.13. The maximum Gasteiger partial charge on any atom is 0.346 e. The first-order chi connectivity index (χ1) is 10.8. The lowest BCUT2D eigenvalue weighted by molar-refractivity contribution is 0.332. The highest BCUT2D eigenvalue weighted by Crippen LogP contribution is 2.39. The Morgan fingerprint density at radius 2 is 1.55 bits per heavy atom. The molecule has 0 fully saturated rings. The van der Waals surface area contributed by atoms with Crippen LogP contribution >= 0.6 is 0 Å². The van der Waals surface area contributed by atoms with E-state index in [1.807, 2.05) is 36.4 Å². The van der Waals surface area contributed by atoms with Crippen LogP contribution in [-0.2, 0) is 0 Å². The van der Waals surface area contributed by atoms with E-state index in [9.17, 15) is 0 Å². The van der Waals surface area contributed by atoms with Gasteiger partial charge in [-0.15, -0.1) is 0 Å². The van der Waals surface area contributed by atoms with E-state index in [-0.39, 0.29) is 6.01 Å². The van der Waals surface area contributed by atoms with Crippen LogP contribution in [0.5, 0.6) is 23.3 Å². The Bertz CT molecular complexity index is 736. The Morgan fingerprint density at radius 1 is 0.864 bits per heavy atom. The molecule has 7 nitrogen and oxygen atoms in total. The molecule has 1 aromatic heterocycles. The second kappa shape index (κ2) is 6.13. The van der Waals surface area contributed by atoms with Crippen molar-refractivity contribution in [3.63, 3.8) is 0 Å². The predicted octanol–water partition coefficient (Wildman–Crippen LogP) is 2.47. The van der Waals surface area contributed by atoms with Crippen molar-refractivity contribution < 1.29 is 14.2 Å². The summed E-state index contributed by atoms with van der Waals surface area (Å²) in [5, 5.41) is 11.5. The lowest BCUT2D eigenvalue weighted by Crippen LogP contribution is -2.02. The van der Waals surface area contributed by atoms with Crippen molar-refractivity contribution >= 4 is 0 Å². The molecule has 0 amide bonds. The topological polar surface area (TPSA) is 71.3 Å². The van der Waals surface area contributed by atoms with E-state index in [4.69, 9.17) is 14.2 Å². The maximum atomic E-state index is 5.82. The minimum absolute atomic E-state index is 0.217. The summed E-state index contributed by atoms with van der Waals surface area (Å²) in [7, 11) is 3.11. The third-order valence-corrected chi connectivity index (χ3v) is 3.02. The largest absolute Gasteiger partial charge is 0.493 e. The van der Waals surface area contributed by atoms with Crippen LogP contribution in [0.1, 0.15) is 0 Å². The molecule has 3 rings (SSSR count). The zero-order chi connectivity index (χ0) is 15.4. The summed E-state index contributed by atoms with van der Waals surface area (Å²) in [5.41, 5.74) is 0.788. The molecule has 0 N–H and O–H groups in total. The normalized spacial score (nSPS) is 10.3. The van der Waals surface area contributed by atoms with Crippen LogP contribution in [0, 0.1) is 0 Å². The van der Waals surface area contributed by atoms with E-state index in [0.29, 0.717) is 17.2 Å². The van der Waals surface area contributed by atoms with Crippen molar-refractivity contribution in [2.45, 2.75) is 0 Å². The molecular formula is C15H14N4O3. The molecule has 0 bridgehead atoms. The summed E-state index contributed by atoms with van der Waals surface area (Å²) in [6.07, 6.45) is 0. The fraction of sp³-hybridized carbons (Fsp3) is 0.133. The van der Waals surface area contributed by atoms with Crippen molar-refractivity contribution in [3.8, 4) is 28.9 Å². The van der Waals surface area contributed by atoms with E-state index < -0.39 is 0 Å². The Kier molecular flexibility index (Phi) is 3.86. The van der Waals surface area contributed by atoms with Crippen LogP contribution in [-0.4, -0.2) is 34.4 Å². The van der Waals surface area contributed by atoms with Crippen molar-refractivity contribution in [3.05, 3.63) is 48.5 Å². The number of tetrazole rings is 1. The number of ether oxygens (including phenoxy) is 3. The van der Waals surface area contributed by atoms with Gasteiger partial charge in [0.2, 0.25) is 5.75 Å². The minimum Gasteiger partial charge on any atom is -0.493 e. The highest BCUT2D eigenvalue weighted by atomic mass is 16.5. The highest BCUT2D eigenvalue weighted by molar-refractivity contribution is 5.52. The van der Waals surface area contributed by atoms with Gasteiger partial charge >= 0.3 is 6.01 Å². The lowest BCUT2D eigenvalue weighted by atomic mass is 10.3. The van der Waals surface area contributed by atoms with Gasteiger partial charge in [-0.1, -0.05) is 29.4 Å². The number of nitrogens with zero attached hydrogens (tertiary/aromatic N) is 4. The first kappa shape index (κ1) is 13.9. The van der Waals surface area contributed by atoms with Gasteiger partial charge in [-0.05, 0) is 34.7 Å². The third-order valence-electron chi connectivity index (χ3n) is 3.02. The molecule has 0 aliphatic carbocycles. The smallest absolute Gasteiger partial charge is 0.346 e. The van der Waals surface area contributed by atoms with E-state index in [1.165, 1.54) is 4.68 Å². The SMILES string of the molecule is COc1cccc(OC)c1Oc1nnnn1-c1ccccc1. The van der Waals surface area contributed by atoms with E-state index in [2.05, 4.69) is 15.5 Å². The van der Waals surface area contributed by atoms with Crippen LogP contribution in [0.2, 0.25) is 0 Å². The van der Waals surface area contributed by atoms with Crippen LogP contribution in [0.25, 0.3) is 5.69 Å². The average Bonchev–Trinajstić information content (AvgIpc) is 3.04. The summed E-state index contributed by atoms with van der Waals surface area (Å²) in [4.78, 5) is 0. The Labute approximate surface area is 127 Å². The zero-order valence-corrected chi connectivity index (χ0v) is 12.1. The van der Waals surface area contributed by atoms with Gasteiger partial charge in [0.25, 0.3) is 0 Å². The molecule has 0 aliphatic rings. The molecule has 1 heterocycles. The van der Waals surface area contributed by atoms with E-state index in [0.717, 1.165) is 5.69 Å². The Balaban J connectivity index is 2.01. The minimum atomic E-state index is 0.217. The van der Waals surface area contributed by atoms with E-state index in [1.54, 1.807) is 26.4 Å². The number of para-hydroxylation sites is 2. The van der Waals surface area contributed by atoms with Gasteiger partial charge in [0, 0.05) is 0 Å². The van der Waals surface area contributed by atoms with Crippen molar-refractivity contribution in [2.24, 2.45) is 0 Å². The molecule has 3 aromatic rings. The maximum absolute atomic E-state index is 5.82. The van der Waals surface area contributed by atoms with Gasteiger partial charge in [0.05, 0.1) is 19.9 Å². The van der Waals surface area contributed by atoms with Crippen molar-refractivity contribution in [1.82, 2.24) is 20.2 Å². The molecule has 0 radical (unpaired) electrons. The molecule has 0 unspecified atom stereocenters. The van der Waals surface area contributed by atoms with Gasteiger partial charge in [0.1, 0.15) is 0 Å². The van der Waals surface area contributed by atoms with Gasteiger partial charge < -0.3 is 14.2 Å². The number of hydrogen-bond donors (Lipinski definition) is 0. The second-order valence-corrected chi connectivity index (χ2v) is 4.30. The van der Waals surface area contributed by atoms with Crippen LogP contribution in [0.15, 0.2) is 48.5 Å². The van der Waals surface area contributed by atoms with Gasteiger partial charge in [-0.3, -0.25) is 0 Å². The fourth-order valence-corrected chi connectivity index (χ4v) is 1.98. The quantitative estimate of drug-likeness (QED) is 0.720. The Morgan fingerprint density at radius 3 is 2.18 bits per heavy atom. The van der Waals surface area contributed by atoms with Crippen LogP contribution in [0.4, 0.5) is 0 Å². The monoisotopic (exact) mass is 298 g/mol. The summed E-state index contributed by atoms with van der Waals surface area (Å²) in [5.74, 6) is 1.48. The van der Waals surface area contributed by atoms with Crippen molar-refractivity contribution in [1.29, 1.82) is 0 Å². The van der Waals surface area contributed by atoms with Gasteiger partial charge in [-0.25, -0.2) is 0 Å². The number of aromatic nitrogens is 4. The third kappa shape index (κ3) is 2.56. The standard InChI is InChI=1S/C15H14N4O3/c1-20-12-9-6-10-13(21-2)14(12)22-15-16-17-18-19(15)11-7-4-3-5-8-11/h3-10H,1-2H3. The summed E-state index contributed by atoms with van der Waals surface area (Å²) in [6.45, 7) is 0. The fourth-order valence-electron chi connectivity index (χ4n) is 1.98. The average molecular weight is 298 g/mol. The Hall–Kier alpha value is -3.09. The molecule has 112 valence electrons. The molecule has 2 aromatic carbocycles. The number of hydrogen-bond acceptors (Lipinski definition) is 6. The number of methoxy groups -OCH3 is 2. The van der Waals surface area contributed by atoms with E-state index >= 15 is 0 Å². The number of rotatable bonds is 5. The highest BCUT2D eigenvalue weighted by Gasteiger charge is 2.17. The summed E-state index contributed by atoms with van der Waals surface area (Å²) in [6, 6.07) is 15.0. The van der Waals surface area contributed by atoms with Crippen molar-refractivity contribution in [2.75, 3.05) is 14.2 Å². The second-order valence-electron chi connectivity index (χ2n) is 4.30. The molecule has 0 spiro atoms. The molecule has 0 saturated heterocycles. The molecule has 0 saturated carbocycles. The molecule has 0 aliphatic heterocycles. The van der Waals surface area contributed by atoms with Crippen LogP contribution < -0.4 is 14.2 Å². The van der Waals surface area contributed by atoms with Gasteiger partial charge in [-0.2, -0.15) is 4.68 Å². The van der Waals surface area contributed by atoms with Gasteiger partial charge in [0.15, 0.2) is 11.5 Å². The number of benzene rings is 2. The molecule has 0 atom stereocenters. The predicted molar refractivity (Wildman–Crippen MR) is 78.8 cm³/mol. The summed E-state index contributed by atoms with van der Waals surface area (Å²) >= 11 is 0. The molecule has 7 heteroatoms. The molecular weight excluding hydrogens is 284 g/mol. The first-order valence-electron chi connectivity index (χ1n) is 6.56. The molecule has 22 heavy (non-hydrogen) atoms.